The average Bonchev–Trinajstić information content (AvgIpc) is 2.86. The van der Waals surface area contributed by atoms with Crippen molar-refractivity contribution in [2.75, 3.05) is 0 Å². The Labute approximate surface area is 118 Å². The van der Waals surface area contributed by atoms with Gasteiger partial charge in [-0.2, -0.15) is 0 Å². The molecule has 0 fully saturated rings. The molecular formula is C19H16O. The molecule has 1 aliphatic rings. The van der Waals surface area contributed by atoms with Gasteiger partial charge in [0, 0.05) is 17.4 Å². The Hall–Kier alpha value is -2.28. The molecule has 0 atom stereocenters. The van der Waals surface area contributed by atoms with E-state index in [1.807, 2.05) is 6.07 Å². The number of allylic oxidation sites excluding steroid dienone is 1. The quantitative estimate of drug-likeness (QED) is 0.592. The Morgan fingerprint density at radius 2 is 1.75 bits per heavy atom. The zero-order valence-corrected chi connectivity index (χ0v) is 11.5. The number of furan rings is 1. The van der Waals surface area contributed by atoms with E-state index in [0.717, 1.165) is 24.2 Å². The lowest BCUT2D eigenvalue weighted by Crippen LogP contribution is -1.98. The van der Waals surface area contributed by atoms with Gasteiger partial charge >= 0.3 is 0 Å². The lowest BCUT2D eigenvalue weighted by molar-refractivity contribution is 0.545. The Morgan fingerprint density at radius 3 is 2.60 bits per heavy atom. The first-order valence-corrected chi connectivity index (χ1v) is 7.11. The highest BCUT2D eigenvalue weighted by atomic mass is 16.3. The maximum absolute atomic E-state index is 6.03. The van der Waals surface area contributed by atoms with Gasteiger partial charge in [0.1, 0.15) is 11.3 Å². The number of para-hydroxylation sites is 1. The van der Waals surface area contributed by atoms with Crippen LogP contribution >= 0.6 is 0 Å². The molecule has 0 aliphatic heterocycles. The molecule has 0 bridgehead atoms. The molecular weight excluding hydrogens is 244 g/mol. The highest BCUT2D eigenvalue weighted by Crippen LogP contribution is 2.38. The average molecular weight is 260 g/mol. The van der Waals surface area contributed by atoms with Crippen molar-refractivity contribution in [3.8, 4) is 0 Å². The molecule has 3 aromatic rings. The van der Waals surface area contributed by atoms with Crippen molar-refractivity contribution in [3.63, 3.8) is 0 Å². The maximum Gasteiger partial charge on any atom is 0.134 e. The van der Waals surface area contributed by atoms with Crippen LogP contribution in [0.3, 0.4) is 0 Å². The Balaban J connectivity index is 1.95. The first-order valence-electron chi connectivity index (χ1n) is 7.11. The van der Waals surface area contributed by atoms with Crippen LogP contribution in [0, 0.1) is 6.92 Å². The fourth-order valence-electron chi connectivity index (χ4n) is 3.01. The summed E-state index contributed by atoms with van der Waals surface area (Å²) in [6.45, 7) is 2.12. The second-order valence-corrected chi connectivity index (χ2v) is 5.42. The number of hydrogen-bond donors (Lipinski definition) is 0. The third-order valence-corrected chi connectivity index (χ3v) is 4.02. The lowest BCUT2D eigenvalue weighted by Gasteiger charge is -2.14. The summed E-state index contributed by atoms with van der Waals surface area (Å²) in [6, 6.07) is 17.1. The van der Waals surface area contributed by atoms with E-state index in [2.05, 4.69) is 55.5 Å². The van der Waals surface area contributed by atoms with E-state index >= 15 is 0 Å². The molecule has 2 aromatic carbocycles. The number of aryl methyl sites for hydroxylation is 2. The maximum atomic E-state index is 6.03. The second-order valence-electron chi connectivity index (χ2n) is 5.42. The minimum absolute atomic E-state index is 0.998. The first-order chi connectivity index (χ1) is 9.83. The predicted octanol–water partition coefficient (Wildman–Crippen LogP) is 5.12. The number of hydrogen-bond acceptors (Lipinski definition) is 1. The molecule has 1 aromatic heterocycles. The van der Waals surface area contributed by atoms with Gasteiger partial charge in [-0.05, 0) is 30.5 Å². The third kappa shape index (κ3) is 1.70. The minimum atomic E-state index is 0.998. The number of benzene rings is 2. The van der Waals surface area contributed by atoms with Crippen LogP contribution in [0.5, 0.6) is 0 Å². The minimum Gasteiger partial charge on any atom is -0.460 e. The van der Waals surface area contributed by atoms with E-state index in [-0.39, 0.29) is 0 Å². The van der Waals surface area contributed by atoms with E-state index in [4.69, 9.17) is 4.42 Å². The van der Waals surface area contributed by atoms with Gasteiger partial charge < -0.3 is 4.42 Å². The van der Waals surface area contributed by atoms with Gasteiger partial charge in [-0.15, -0.1) is 0 Å². The lowest BCUT2D eigenvalue weighted by atomic mass is 9.89. The number of rotatable bonds is 1. The van der Waals surface area contributed by atoms with Crippen LogP contribution in [0.25, 0.3) is 16.5 Å². The summed E-state index contributed by atoms with van der Waals surface area (Å²) in [5.74, 6) is 1.13. The Kier molecular flexibility index (Phi) is 2.53. The van der Waals surface area contributed by atoms with Gasteiger partial charge in [0.05, 0.1) is 0 Å². The molecule has 1 nitrogen and oxygen atoms in total. The van der Waals surface area contributed by atoms with Crippen molar-refractivity contribution in [3.05, 3.63) is 77.1 Å². The van der Waals surface area contributed by atoms with E-state index in [9.17, 15) is 0 Å². The zero-order chi connectivity index (χ0) is 13.5. The molecule has 0 spiro atoms. The largest absolute Gasteiger partial charge is 0.460 e. The fourth-order valence-corrected chi connectivity index (χ4v) is 3.01. The molecule has 0 saturated heterocycles. The number of fused-ring (bicyclic) bond motifs is 3. The standard InChI is InChI=1S/C19H16O/c1-13-9-11-14(12-10-13)15-6-4-8-18-19(15)16-5-2-3-7-17(16)20-18/h2-3,5-7,9-12H,4,8H2,1H3. The molecule has 20 heavy (non-hydrogen) atoms. The van der Waals surface area contributed by atoms with Crippen LogP contribution in [0.15, 0.2) is 59.0 Å². The fraction of sp³-hybridized carbons (Fsp3) is 0.158. The summed E-state index contributed by atoms with van der Waals surface area (Å²) in [5, 5.41) is 1.23. The molecule has 0 N–H and O–H groups in total. The Morgan fingerprint density at radius 1 is 0.950 bits per heavy atom. The Bertz CT molecular complexity index is 803. The predicted molar refractivity (Wildman–Crippen MR) is 82.8 cm³/mol. The van der Waals surface area contributed by atoms with Crippen molar-refractivity contribution in [2.45, 2.75) is 19.8 Å². The van der Waals surface area contributed by atoms with Crippen molar-refractivity contribution in [1.29, 1.82) is 0 Å². The summed E-state index contributed by atoms with van der Waals surface area (Å²) in [7, 11) is 0. The molecule has 4 rings (SSSR count). The van der Waals surface area contributed by atoms with E-state index in [1.165, 1.54) is 27.6 Å². The molecule has 98 valence electrons. The van der Waals surface area contributed by atoms with Crippen LogP contribution in [0.2, 0.25) is 0 Å². The third-order valence-electron chi connectivity index (χ3n) is 4.02. The van der Waals surface area contributed by atoms with Crippen LogP contribution in [0.1, 0.15) is 28.9 Å². The highest BCUT2D eigenvalue weighted by molar-refractivity contribution is 5.97. The zero-order valence-electron chi connectivity index (χ0n) is 11.5. The molecule has 1 aliphatic carbocycles. The van der Waals surface area contributed by atoms with Crippen molar-refractivity contribution in [1.82, 2.24) is 0 Å². The van der Waals surface area contributed by atoms with Gasteiger partial charge in [-0.1, -0.05) is 54.1 Å². The molecule has 1 heterocycles. The summed E-state index contributed by atoms with van der Waals surface area (Å²) in [5.41, 5.74) is 6.18. The monoisotopic (exact) mass is 260 g/mol. The molecule has 1 heteroatoms. The molecule has 0 radical (unpaired) electrons. The van der Waals surface area contributed by atoms with E-state index < -0.39 is 0 Å². The van der Waals surface area contributed by atoms with Crippen LogP contribution in [-0.4, -0.2) is 0 Å². The van der Waals surface area contributed by atoms with Gasteiger partial charge in [-0.25, -0.2) is 0 Å². The van der Waals surface area contributed by atoms with Crippen molar-refractivity contribution < 1.29 is 4.42 Å². The van der Waals surface area contributed by atoms with Crippen LogP contribution in [-0.2, 0) is 6.42 Å². The van der Waals surface area contributed by atoms with Gasteiger partial charge in [0.15, 0.2) is 0 Å². The molecule has 0 saturated carbocycles. The van der Waals surface area contributed by atoms with Crippen molar-refractivity contribution in [2.24, 2.45) is 0 Å². The highest BCUT2D eigenvalue weighted by Gasteiger charge is 2.21. The van der Waals surface area contributed by atoms with Crippen LogP contribution in [0.4, 0.5) is 0 Å². The van der Waals surface area contributed by atoms with Crippen LogP contribution < -0.4 is 0 Å². The second kappa shape index (κ2) is 4.38. The molecule has 0 amide bonds. The van der Waals surface area contributed by atoms with Gasteiger partial charge in [-0.3, -0.25) is 0 Å². The summed E-state index contributed by atoms with van der Waals surface area (Å²) < 4.78 is 6.03. The van der Waals surface area contributed by atoms with Gasteiger partial charge in [0.2, 0.25) is 0 Å². The van der Waals surface area contributed by atoms with E-state index in [0.29, 0.717) is 0 Å². The summed E-state index contributed by atoms with van der Waals surface area (Å²) >= 11 is 0. The normalized spacial score (nSPS) is 14.2. The SMILES string of the molecule is Cc1ccc(C2=CCCc3oc4ccccc4c32)cc1. The van der Waals surface area contributed by atoms with Crippen molar-refractivity contribution >= 4 is 16.5 Å². The smallest absolute Gasteiger partial charge is 0.134 e. The van der Waals surface area contributed by atoms with E-state index in [1.54, 1.807) is 0 Å². The molecule has 0 unspecified atom stereocenters. The summed E-state index contributed by atoms with van der Waals surface area (Å²) in [4.78, 5) is 0. The first kappa shape index (κ1) is 11.5. The summed E-state index contributed by atoms with van der Waals surface area (Å²) in [6.07, 6.45) is 4.39. The topological polar surface area (TPSA) is 13.1 Å². The van der Waals surface area contributed by atoms with Gasteiger partial charge in [0.25, 0.3) is 0 Å².